The molecule has 0 saturated carbocycles. The van der Waals surface area contributed by atoms with Gasteiger partial charge in [-0.15, -0.1) is 0 Å². The van der Waals surface area contributed by atoms with Crippen molar-refractivity contribution in [2.24, 2.45) is 0 Å². The first kappa shape index (κ1) is 13.5. The summed E-state index contributed by atoms with van der Waals surface area (Å²) < 4.78 is 26.3. The van der Waals surface area contributed by atoms with E-state index < -0.39 is 23.1 Å². The quantitative estimate of drug-likeness (QED) is 0.789. The van der Waals surface area contributed by atoms with Crippen molar-refractivity contribution in [3.63, 3.8) is 0 Å². The topological polar surface area (TPSA) is 60.8 Å². The molecular formula is C11H13F2NO3. The Labute approximate surface area is 97.1 Å². The standard InChI is InChI=1S/C11H13F2NO3/c12-9-3-1-2-8(10(9)13)11(17)14(4-6-15)5-7-16/h1-3,15-16H,4-7H2. The number of benzene rings is 1. The van der Waals surface area contributed by atoms with Crippen LogP contribution >= 0.6 is 0 Å². The number of rotatable bonds is 5. The first-order valence-electron chi connectivity index (χ1n) is 5.06. The molecule has 0 bridgehead atoms. The number of amides is 1. The minimum Gasteiger partial charge on any atom is -0.395 e. The van der Waals surface area contributed by atoms with Gasteiger partial charge in [0.05, 0.1) is 18.8 Å². The van der Waals surface area contributed by atoms with Gasteiger partial charge < -0.3 is 15.1 Å². The van der Waals surface area contributed by atoms with E-state index in [0.29, 0.717) is 0 Å². The number of hydrogen-bond donors (Lipinski definition) is 2. The predicted octanol–water partition coefficient (Wildman–Crippen LogP) is 0.392. The van der Waals surface area contributed by atoms with Gasteiger partial charge in [0, 0.05) is 13.1 Å². The average molecular weight is 245 g/mol. The summed E-state index contributed by atoms with van der Waals surface area (Å²) in [5.74, 6) is -3.09. The molecule has 2 N–H and O–H groups in total. The van der Waals surface area contributed by atoms with Crippen molar-refractivity contribution < 1.29 is 23.8 Å². The summed E-state index contributed by atoms with van der Waals surface area (Å²) >= 11 is 0. The predicted molar refractivity (Wildman–Crippen MR) is 56.4 cm³/mol. The highest BCUT2D eigenvalue weighted by atomic mass is 19.2. The maximum absolute atomic E-state index is 13.3. The summed E-state index contributed by atoms with van der Waals surface area (Å²) in [7, 11) is 0. The van der Waals surface area contributed by atoms with Crippen LogP contribution in [0.2, 0.25) is 0 Å². The fourth-order valence-electron chi connectivity index (χ4n) is 1.40. The minimum atomic E-state index is -1.22. The van der Waals surface area contributed by atoms with Crippen LogP contribution in [-0.2, 0) is 0 Å². The minimum absolute atomic E-state index is 0.0463. The number of aliphatic hydroxyl groups is 2. The Morgan fingerprint density at radius 3 is 2.29 bits per heavy atom. The molecule has 0 fully saturated rings. The number of carbonyl (C=O) groups is 1. The summed E-state index contributed by atoms with van der Waals surface area (Å²) in [6, 6.07) is 3.29. The van der Waals surface area contributed by atoms with Crippen molar-refractivity contribution in [1.29, 1.82) is 0 Å². The molecule has 4 nitrogen and oxygen atoms in total. The van der Waals surface area contributed by atoms with Gasteiger partial charge in [0.2, 0.25) is 0 Å². The van der Waals surface area contributed by atoms with E-state index in [1.54, 1.807) is 0 Å². The molecule has 1 rings (SSSR count). The maximum atomic E-state index is 13.3. The molecular weight excluding hydrogens is 232 g/mol. The van der Waals surface area contributed by atoms with Crippen LogP contribution < -0.4 is 0 Å². The lowest BCUT2D eigenvalue weighted by Crippen LogP contribution is -2.36. The molecule has 0 spiro atoms. The van der Waals surface area contributed by atoms with Gasteiger partial charge in [-0.1, -0.05) is 6.07 Å². The number of nitrogens with zero attached hydrogens (tertiary/aromatic N) is 1. The Balaban J connectivity index is 2.96. The highest BCUT2D eigenvalue weighted by Gasteiger charge is 2.20. The van der Waals surface area contributed by atoms with Crippen LogP contribution in [0.4, 0.5) is 8.78 Å². The smallest absolute Gasteiger partial charge is 0.257 e. The molecule has 0 aliphatic heterocycles. The van der Waals surface area contributed by atoms with Gasteiger partial charge in [-0.2, -0.15) is 0 Å². The van der Waals surface area contributed by atoms with Gasteiger partial charge in [-0.25, -0.2) is 8.78 Å². The lowest BCUT2D eigenvalue weighted by atomic mass is 10.1. The van der Waals surface area contributed by atoms with E-state index >= 15 is 0 Å². The lowest BCUT2D eigenvalue weighted by molar-refractivity contribution is 0.0679. The lowest BCUT2D eigenvalue weighted by Gasteiger charge is -2.20. The van der Waals surface area contributed by atoms with Gasteiger partial charge in [0.1, 0.15) is 0 Å². The molecule has 1 aromatic rings. The zero-order valence-electron chi connectivity index (χ0n) is 9.07. The highest BCUT2D eigenvalue weighted by Crippen LogP contribution is 2.13. The molecule has 0 aliphatic rings. The SMILES string of the molecule is O=C(c1cccc(F)c1F)N(CCO)CCO. The highest BCUT2D eigenvalue weighted by molar-refractivity contribution is 5.94. The second kappa shape index (κ2) is 6.27. The Bertz CT molecular complexity index is 392. The zero-order chi connectivity index (χ0) is 12.8. The molecule has 0 unspecified atom stereocenters. The molecule has 0 aliphatic carbocycles. The average Bonchev–Trinajstić information content (AvgIpc) is 2.31. The van der Waals surface area contributed by atoms with E-state index in [1.165, 1.54) is 6.07 Å². The third kappa shape index (κ3) is 3.21. The molecule has 0 radical (unpaired) electrons. The van der Waals surface area contributed by atoms with E-state index in [4.69, 9.17) is 10.2 Å². The van der Waals surface area contributed by atoms with Gasteiger partial charge in [0.25, 0.3) is 5.91 Å². The Hall–Kier alpha value is -1.53. The van der Waals surface area contributed by atoms with Crippen LogP contribution in [0.1, 0.15) is 10.4 Å². The van der Waals surface area contributed by atoms with Crippen LogP contribution in [0.25, 0.3) is 0 Å². The third-order valence-electron chi connectivity index (χ3n) is 2.21. The van der Waals surface area contributed by atoms with Crippen molar-refractivity contribution in [1.82, 2.24) is 4.90 Å². The number of hydrogen-bond acceptors (Lipinski definition) is 3. The molecule has 6 heteroatoms. The van der Waals surface area contributed by atoms with E-state index in [0.717, 1.165) is 17.0 Å². The monoisotopic (exact) mass is 245 g/mol. The van der Waals surface area contributed by atoms with Crippen molar-refractivity contribution in [2.45, 2.75) is 0 Å². The number of aliphatic hydroxyl groups excluding tert-OH is 2. The fourth-order valence-corrected chi connectivity index (χ4v) is 1.40. The van der Waals surface area contributed by atoms with Crippen molar-refractivity contribution in [3.05, 3.63) is 35.4 Å². The van der Waals surface area contributed by atoms with Crippen molar-refractivity contribution >= 4 is 5.91 Å². The zero-order valence-corrected chi connectivity index (χ0v) is 9.07. The molecule has 1 amide bonds. The first-order valence-corrected chi connectivity index (χ1v) is 5.06. The van der Waals surface area contributed by atoms with Crippen LogP contribution in [0.5, 0.6) is 0 Å². The molecule has 17 heavy (non-hydrogen) atoms. The number of carbonyl (C=O) groups excluding carboxylic acids is 1. The van der Waals surface area contributed by atoms with Crippen LogP contribution in [0.3, 0.4) is 0 Å². The molecule has 0 heterocycles. The van der Waals surface area contributed by atoms with E-state index in [-0.39, 0.29) is 26.3 Å². The Kier molecular flexibility index (Phi) is 4.99. The summed E-state index contributed by atoms with van der Waals surface area (Å²) in [6.45, 7) is -0.726. The second-order valence-electron chi connectivity index (χ2n) is 3.34. The van der Waals surface area contributed by atoms with Crippen LogP contribution in [0.15, 0.2) is 18.2 Å². The van der Waals surface area contributed by atoms with Crippen molar-refractivity contribution in [3.8, 4) is 0 Å². The molecule has 0 saturated heterocycles. The van der Waals surface area contributed by atoms with Gasteiger partial charge in [0.15, 0.2) is 11.6 Å². The summed E-state index contributed by atoms with van der Waals surface area (Å²) in [4.78, 5) is 12.8. The van der Waals surface area contributed by atoms with Crippen molar-refractivity contribution in [2.75, 3.05) is 26.3 Å². The first-order chi connectivity index (χ1) is 8.11. The summed E-state index contributed by atoms with van der Waals surface area (Å²) in [5.41, 5.74) is -0.410. The fraction of sp³-hybridized carbons (Fsp3) is 0.364. The maximum Gasteiger partial charge on any atom is 0.257 e. The summed E-state index contributed by atoms with van der Waals surface area (Å²) in [6.07, 6.45) is 0. The van der Waals surface area contributed by atoms with Crippen LogP contribution in [-0.4, -0.2) is 47.3 Å². The van der Waals surface area contributed by atoms with Gasteiger partial charge in [-0.05, 0) is 12.1 Å². The normalized spacial score (nSPS) is 10.4. The van der Waals surface area contributed by atoms with Gasteiger partial charge >= 0.3 is 0 Å². The molecule has 0 atom stereocenters. The molecule has 0 aromatic heterocycles. The van der Waals surface area contributed by atoms with E-state index in [9.17, 15) is 13.6 Å². The number of halogens is 2. The largest absolute Gasteiger partial charge is 0.395 e. The third-order valence-corrected chi connectivity index (χ3v) is 2.21. The van der Waals surface area contributed by atoms with E-state index in [2.05, 4.69) is 0 Å². The Morgan fingerprint density at radius 2 is 1.76 bits per heavy atom. The Morgan fingerprint density at radius 1 is 1.18 bits per heavy atom. The van der Waals surface area contributed by atoms with E-state index in [1.807, 2.05) is 0 Å². The van der Waals surface area contributed by atoms with Crippen LogP contribution in [0, 0.1) is 11.6 Å². The second-order valence-corrected chi connectivity index (χ2v) is 3.34. The molecule has 1 aromatic carbocycles. The van der Waals surface area contributed by atoms with Gasteiger partial charge in [-0.3, -0.25) is 4.79 Å². The molecule has 94 valence electrons. The summed E-state index contributed by atoms with van der Waals surface area (Å²) in [5, 5.41) is 17.5.